The first-order chi connectivity index (χ1) is 7.11. The number of fused-ring (bicyclic) bond motifs is 1. The number of nitrogens with zero attached hydrogens (tertiary/aromatic N) is 1. The van der Waals surface area contributed by atoms with Crippen LogP contribution in [0.1, 0.15) is 5.56 Å². The lowest BCUT2D eigenvalue weighted by molar-refractivity contribution is 0.415. The van der Waals surface area contributed by atoms with E-state index in [0.717, 1.165) is 26.7 Å². The van der Waals surface area contributed by atoms with Crippen molar-refractivity contribution in [1.29, 1.82) is 0 Å². The van der Waals surface area contributed by atoms with Crippen molar-refractivity contribution in [3.05, 3.63) is 33.4 Å². The Labute approximate surface area is 101 Å². The molecule has 0 unspecified atom stereocenters. The summed E-state index contributed by atoms with van der Waals surface area (Å²) in [6.45, 7) is 1.94. The molecular formula is C11H9BrClNO. The second kappa shape index (κ2) is 3.99. The minimum Gasteiger partial charge on any atom is -0.497 e. The van der Waals surface area contributed by atoms with Gasteiger partial charge in [0, 0.05) is 15.9 Å². The number of hydrogen-bond acceptors (Lipinski definition) is 2. The van der Waals surface area contributed by atoms with Crippen molar-refractivity contribution in [3.8, 4) is 5.75 Å². The molecule has 1 aromatic carbocycles. The summed E-state index contributed by atoms with van der Waals surface area (Å²) in [5.41, 5.74) is 1.80. The smallest absolute Gasteiger partial charge is 0.132 e. The molecule has 0 aliphatic rings. The minimum atomic E-state index is 0.530. The first-order valence-corrected chi connectivity index (χ1v) is 5.59. The predicted octanol–water partition coefficient (Wildman–Crippen LogP) is 3.97. The van der Waals surface area contributed by atoms with Gasteiger partial charge in [0.25, 0.3) is 0 Å². The molecule has 0 atom stereocenters. The van der Waals surface area contributed by atoms with Crippen LogP contribution in [0.2, 0.25) is 5.15 Å². The summed E-state index contributed by atoms with van der Waals surface area (Å²) < 4.78 is 6.12. The van der Waals surface area contributed by atoms with E-state index < -0.39 is 0 Å². The van der Waals surface area contributed by atoms with Gasteiger partial charge < -0.3 is 4.74 Å². The molecule has 78 valence electrons. The molecule has 0 N–H and O–H groups in total. The molecule has 1 heterocycles. The van der Waals surface area contributed by atoms with Crippen LogP contribution in [-0.2, 0) is 0 Å². The maximum Gasteiger partial charge on any atom is 0.132 e. The van der Waals surface area contributed by atoms with E-state index in [-0.39, 0.29) is 0 Å². The molecular weight excluding hydrogens is 277 g/mol. The standard InChI is InChI=1S/C11H9BrClNO/c1-6-3-8-9(12)4-7(15-2)5-10(8)14-11(6)13/h3-5H,1-2H3. The maximum atomic E-state index is 5.97. The molecule has 0 saturated heterocycles. The highest BCUT2D eigenvalue weighted by atomic mass is 79.9. The molecule has 1 aromatic heterocycles. The molecule has 0 aliphatic carbocycles. The Morgan fingerprint density at radius 3 is 2.73 bits per heavy atom. The van der Waals surface area contributed by atoms with E-state index in [1.165, 1.54) is 0 Å². The number of aromatic nitrogens is 1. The van der Waals surface area contributed by atoms with Gasteiger partial charge in [0.1, 0.15) is 10.9 Å². The number of halogens is 2. The maximum absolute atomic E-state index is 5.97. The normalized spacial score (nSPS) is 10.7. The van der Waals surface area contributed by atoms with Crippen LogP contribution in [0.15, 0.2) is 22.7 Å². The summed E-state index contributed by atoms with van der Waals surface area (Å²) in [4.78, 5) is 4.30. The van der Waals surface area contributed by atoms with Gasteiger partial charge in [0.15, 0.2) is 0 Å². The summed E-state index contributed by atoms with van der Waals surface area (Å²) in [7, 11) is 1.63. The van der Waals surface area contributed by atoms with Gasteiger partial charge in [-0.1, -0.05) is 11.6 Å². The molecule has 0 amide bonds. The SMILES string of the molecule is COc1cc(Br)c2cc(C)c(Cl)nc2c1. The van der Waals surface area contributed by atoms with E-state index in [9.17, 15) is 0 Å². The van der Waals surface area contributed by atoms with Crippen molar-refractivity contribution < 1.29 is 4.74 Å². The van der Waals surface area contributed by atoms with Crippen LogP contribution in [0.25, 0.3) is 10.9 Å². The van der Waals surface area contributed by atoms with Crippen LogP contribution in [-0.4, -0.2) is 12.1 Å². The fraction of sp³-hybridized carbons (Fsp3) is 0.182. The van der Waals surface area contributed by atoms with E-state index in [2.05, 4.69) is 20.9 Å². The van der Waals surface area contributed by atoms with Gasteiger partial charge in [0.2, 0.25) is 0 Å². The molecule has 0 fully saturated rings. The summed E-state index contributed by atoms with van der Waals surface area (Å²) in [6, 6.07) is 5.79. The largest absolute Gasteiger partial charge is 0.497 e. The molecule has 2 nitrogen and oxygen atoms in total. The monoisotopic (exact) mass is 285 g/mol. The molecule has 4 heteroatoms. The molecule has 0 bridgehead atoms. The fourth-order valence-corrected chi connectivity index (χ4v) is 2.09. The summed E-state index contributed by atoms with van der Waals surface area (Å²) in [6.07, 6.45) is 0. The number of methoxy groups -OCH3 is 1. The molecule has 0 aliphatic heterocycles. The number of ether oxygens (including phenoxy) is 1. The van der Waals surface area contributed by atoms with Crippen molar-refractivity contribution in [2.45, 2.75) is 6.92 Å². The first kappa shape index (κ1) is 10.7. The van der Waals surface area contributed by atoms with Gasteiger partial charge in [0.05, 0.1) is 12.6 Å². The van der Waals surface area contributed by atoms with Crippen molar-refractivity contribution >= 4 is 38.4 Å². The molecule has 0 spiro atoms. The third-order valence-electron chi connectivity index (χ3n) is 2.22. The zero-order valence-corrected chi connectivity index (χ0v) is 10.7. The Morgan fingerprint density at radius 1 is 1.33 bits per heavy atom. The second-order valence-corrected chi connectivity index (χ2v) is 4.48. The number of benzene rings is 1. The summed E-state index contributed by atoms with van der Waals surface area (Å²) in [5, 5.41) is 1.57. The van der Waals surface area contributed by atoms with Crippen LogP contribution in [0.3, 0.4) is 0 Å². The van der Waals surface area contributed by atoms with Gasteiger partial charge in [-0.15, -0.1) is 0 Å². The number of hydrogen-bond donors (Lipinski definition) is 0. The van der Waals surface area contributed by atoms with Crippen molar-refractivity contribution in [2.24, 2.45) is 0 Å². The average Bonchev–Trinajstić information content (AvgIpc) is 2.21. The van der Waals surface area contributed by atoms with Gasteiger partial charge in [-0.3, -0.25) is 0 Å². The molecule has 15 heavy (non-hydrogen) atoms. The predicted molar refractivity (Wildman–Crippen MR) is 65.7 cm³/mol. The minimum absolute atomic E-state index is 0.530. The topological polar surface area (TPSA) is 22.1 Å². The van der Waals surface area contributed by atoms with Gasteiger partial charge in [-0.2, -0.15) is 0 Å². The van der Waals surface area contributed by atoms with E-state index in [0.29, 0.717) is 5.15 Å². The lowest BCUT2D eigenvalue weighted by Crippen LogP contribution is -1.88. The molecule has 2 rings (SSSR count). The van der Waals surface area contributed by atoms with E-state index >= 15 is 0 Å². The molecule has 0 radical (unpaired) electrons. The van der Waals surface area contributed by atoms with E-state index in [1.54, 1.807) is 7.11 Å². The number of rotatable bonds is 1. The van der Waals surface area contributed by atoms with Crippen molar-refractivity contribution in [3.63, 3.8) is 0 Å². The molecule has 0 saturated carbocycles. The Kier molecular flexibility index (Phi) is 2.85. The van der Waals surface area contributed by atoms with Crippen LogP contribution in [0, 0.1) is 6.92 Å². The quantitative estimate of drug-likeness (QED) is 0.740. The average molecular weight is 287 g/mol. The number of aryl methyl sites for hydroxylation is 1. The summed E-state index contributed by atoms with van der Waals surface area (Å²) in [5.74, 6) is 0.766. The van der Waals surface area contributed by atoms with Crippen LogP contribution in [0.5, 0.6) is 5.75 Å². The summed E-state index contributed by atoms with van der Waals surface area (Å²) >= 11 is 9.45. The zero-order valence-electron chi connectivity index (χ0n) is 8.34. The third-order valence-corrected chi connectivity index (χ3v) is 3.26. The highest BCUT2D eigenvalue weighted by Crippen LogP contribution is 2.30. The third kappa shape index (κ3) is 1.94. The zero-order chi connectivity index (χ0) is 11.0. The van der Waals surface area contributed by atoms with E-state index in [4.69, 9.17) is 16.3 Å². The van der Waals surface area contributed by atoms with Crippen molar-refractivity contribution in [2.75, 3.05) is 7.11 Å². The van der Waals surface area contributed by atoms with Gasteiger partial charge >= 0.3 is 0 Å². The van der Waals surface area contributed by atoms with Gasteiger partial charge in [-0.05, 0) is 40.5 Å². The Balaban J connectivity index is 2.80. The lowest BCUT2D eigenvalue weighted by Gasteiger charge is -2.06. The fourth-order valence-electron chi connectivity index (χ4n) is 1.40. The van der Waals surface area contributed by atoms with Crippen molar-refractivity contribution in [1.82, 2.24) is 4.98 Å². The molecule has 2 aromatic rings. The van der Waals surface area contributed by atoms with E-state index in [1.807, 2.05) is 25.1 Å². The number of pyridine rings is 1. The lowest BCUT2D eigenvalue weighted by atomic mass is 10.2. The highest BCUT2D eigenvalue weighted by molar-refractivity contribution is 9.10. The Bertz CT molecular complexity index is 527. The highest BCUT2D eigenvalue weighted by Gasteiger charge is 2.06. The first-order valence-electron chi connectivity index (χ1n) is 4.42. The van der Waals surface area contributed by atoms with Gasteiger partial charge in [-0.25, -0.2) is 4.98 Å². The Hall–Kier alpha value is -0.800. The van der Waals surface area contributed by atoms with Crippen LogP contribution < -0.4 is 4.74 Å². The second-order valence-electron chi connectivity index (χ2n) is 3.27. The van der Waals surface area contributed by atoms with Crippen LogP contribution >= 0.6 is 27.5 Å². The van der Waals surface area contributed by atoms with Crippen LogP contribution in [0.4, 0.5) is 0 Å². The Morgan fingerprint density at radius 2 is 2.07 bits per heavy atom.